The van der Waals surface area contributed by atoms with Crippen LogP contribution in [0.2, 0.25) is 0 Å². The molecule has 0 aliphatic carbocycles. The molecule has 0 saturated heterocycles. The number of ether oxygens (including phenoxy) is 1. The fraction of sp³-hybridized carbons (Fsp3) is 0.0526. The lowest BCUT2D eigenvalue weighted by Crippen LogP contribution is -2.03. The molecular formula is C19H14N2O3. The van der Waals surface area contributed by atoms with Crippen molar-refractivity contribution in [3.05, 3.63) is 66.2 Å². The molecule has 4 aromatic rings. The fourth-order valence-corrected chi connectivity index (χ4v) is 2.78. The van der Waals surface area contributed by atoms with Gasteiger partial charge in [0, 0.05) is 28.4 Å². The van der Waals surface area contributed by atoms with Crippen LogP contribution in [0, 0.1) is 0 Å². The van der Waals surface area contributed by atoms with E-state index < -0.39 is 0 Å². The van der Waals surface area contributed by atoms with Crippen molar-refractivity contribution < 1.29 is 14.4 Å². The zero-order chi connectivity index (χ0) is 16.5. The molecule has 0 aliphatic rings. The minimum Gasteiger partial charge on any atom is -0.496 e. The Morgan fingerprint density at radius 2 is 1.92 bits per heavy atom. The van der Waals surface area contributed by atoms with Crippen molar-refractivity contribution in [2.24, 2.45) is 5.16 Å². The zero-order valence-corrected chi connectivity index (χ0v) is 12.9. The van der Waals surface area contributed by atoms with Crippen LogP contribution in [0.4, 0.5) is 0 Å². The largest absolute Gasteiger partial charge is 0.496 e. The molecule has 5 nitrogen and oxygen atoms in total. The molecule has 118 valence electrons. The van der Waals surface area contributed by atoms with Gasteiger partial charge in [-0.25, -0.2) is 0 Å². The van der Waals surface area contributed by atoms with Gasteiger partial charge in [-0.2, -0.15) is 0 Å². The molecule has 1 N–H and O–H groups in total. The molecule has 2 heterocycles. The van der Waals surface area contributed by atoms with Gasteiger partial charge in [-0.05, 0) is 24.3 Å². The molecule has 0 atom stereocenters. The Morgan fingerprint density at radius 3 is 2.75 bits per heavy atom. The second-order valence-corrected chi connectivity index (χ2v) is 5.34. The van der Waals surface area contributed by atoms with Crippen LogP contribution in [-0.2, 0) is 0 Å². The van der Waals surface area contributed by atoms with Crippen LogP contribution in [0.25, 0.3) is 33.2 Å². The number of fused-ring (bicyclic) bond motifs is 2. The minimum absolute atomic E-state index is 0.439. The van der Waals surface area contributed by atoms with E-state index in [1.165, 1.54) is 0 Å². The number of hydrogen-bond donors (Lipinski definition) is 1. The highest BCUT2D eigenvalue weighted by Gasteiger charge is 2.10. The van der Waals surface area contributed by atoms with Gasteiger partial charge in [-0.3, -0.25) is 4.98 Å². The highest BCUT2D eigenvalue weighted by molar-refractivity contribution is 5.90. The summed E-state index contributed by atoms with van der Waals surface area (Å²) in [4.78, 5) is 4.46. The molecule has 2 aromatic carbocycles. The molecule has 0 aliphatic heterocycles. The Bertz CT molecular complexity index is 1120. The molecule has 0 amide bonds. The smallest absolute Gasteiger partial charge is 0.155 e. The second kappa shape index (κ2) is 5.70. The highest BCUT2D eigenvalue weighted by Crippen LogP contribution is 2.29. The Balaban J connectivity index is 1.99. The summed E-state index contributed by atoms with van der Waals surface area (Å²) in [7, 11) is 1.64. The first-order valence-corrected chi connectivity index (χ1v) is 7.44. The third-order valence-electron chi connectivity index (χ3n) is 3.95. The van der Waals surface area contributed by atoms with Crippen LogP contribution in [-0.4, -0.2) is 17.3 Å². The summed E-state index contributed by atoms with van der Waals surface area (Å²) in [6.45, 7) is 0. The SMILES string of the molecule is COc1cccc2cnc(-c3c/c(=N/O)c4ccccc4o3)cc12. The Kier molecular flexibility index (Phi) is 3.39. The molecule has 0 fully saturated rings. The quantitative estimate of drug-likeness (QED) is 0.449. The molecule has 4 rings (SSSR count). The van der Waals surface area contributed by atoms with Gasteiger partial charge in [-0.1, -0.05) is 29.4 Å². The van der Waals surface area contributed by atoms with Crippen LogP contribution in [0.3, 0.4) is 0 Å². The zero-order valence-electron chi connectivity index (χ0n) is 12.9. The molecule has 0 unspecified atom stereocenters. The maximum Gasteiger partial charge on any atom is 0.155 e. The van der Waals surface area contributed by atoms with E-state index in [1.807, 2.05) is 48.5 Å². The number of aromatic nitrogens is 1. The normalized spacial score (nSPS) is 12.0. The molecular weight excluding hydrogens is 304 g/mol. The number of benzene rings is 2. The Labute approximate surface area is 137 Å². The average molecular weight is 318 g/mol. The van der Waals surface area contributed by atoms with Gasteiger partial charge in [0.15, 0.2) is 5.76 Å². The number of rotatable bonds is 2. The van der Waals surface area contributed by atoms with Crippen LogP contribution >= 0.6 is 0 Å². The molecule has 0 radical (unpaired) electrons. The van der Waals surface area contributed by atoms with Gasteiger partial charge in [0.25, 0.3) is 0 Å². The predicted octanol–water partition coefficient (Wildman–Crippen LogP) is 3.95. The van der Waals surface area contributed by atoms with E-state index in [0.29, 0.717) is 22.4 Å². The van der Waals surface area contributed by atoms with E-state index in [0.717, 1.165) is 21.9 Å². The van der Waals surface area contributed by atoms with E-state index in [-0.39, 0.29) is 0 Å². The highest BCUT2D eigenvalue weighted by atomic mass is 16.5. The second-order valence-electron chi connectivity index (χ2n) is 5.34. The first-order valence-electron chi connectivity index (χ1n) is 7.44. The number of hydrogen-bond acceptors (Lipinski definition) is 5. The molecule has 0 spiro atoms. The molecule has 0 saturated carbocycles. The van der Waals surface area contributed by atoms with Crippen LogP contribution in [0.1, 0.15) is 0 Å². The van der Waals surface area contributed by atoms with E-state index in [2.05, 4.69) is 10.1 Å². The summed E-state index contributed by atoms with van der Waals surface area (Å²) in [6.07, 6.45) is 1.77. The van der Waals surface area contributed by atoms with Gasteiger partial charge in [0.1, 0.15) is 22.4 Å². The topological polar surface area (TPSA) is 67.9 Å². The van der Waals surface area contributed by atoms with Gasteiger partial charge < -0.3 is 14.4 Å². The van der Waals surface area contributed by atoms with Crippen molar-refractivity contribution in [1.82, 2.24) is 4.98 Å². The molecule has 2 aromatic heterocycles. The third-order valence-corrected chi connectivity index (χ3v) is 3.95. The lowest BCUT2D eigenvalue weighted by Gasteiger charge is -2.07. The summed E-state index contributed by atoms with van der Waals surface area (Å²) in [6, 6.07) is 16.8. The maximum absolute atomic E-state index is 9.30. The minimum atomic E-state index is 0.439. The van der Waals surface area contributed by atoms with E-state index in [9.17, 15) is 5.21 Å². The average Bonchev–Trinajstić information content (AvgIpc) is 2.66. The van der Waals surface area contributed by atoms with E-state index in [1.54, 1.807) is 19.4 Å². The molecule has 5 heteroatoms. The van der Waals surface area contributed by atoms with Crippen molar-refractivity contribution in [2.45, 2.75) is 0 Å². The first kappa shape index (κ1) is 14.3. The number of pyridine rings is 1. The van der Waals surface area contributed by atoms with Crippen LogP contribution < -0.4 is 10.1 Å². The summed E-state index contributed by atoms with van der Waals surface area (Å²) < 4.78 is 11.4. The number of para-hydroxylation sites is 1. The van der Waals surface area contributed by atoms with Crippen LogP contribution in [0.5, 0.6) is 5.75 Å². The van der Waals surface area contributed by atoms with Gasteiger partial charge in [0.05, 0.1) is 7.11 Å². The van der Waals surface area contributed by atoms with Gasteiger partial charge in [0.2, 0.25) is 0 Å². The Morgan fingerprint density at radius 1 is 1.04 bits per heavy atom. The summed E-state index contributed by atoms with van der Waals surface area (Å²) in [5.74, 6) is 1.29. The first-order chi connectivity index (χ1) is 11.8. The predicted molar refractivity (Wildman–Crippen MR) is 90.9 cm³/mol. The monoisotopic (exact) mass is 318 g/mol. The van der Waals surface area contributed by atoms with Gasteiger partial charge >= 0.3 is 0 Å². The molecule has 24 heavy (non-hydrogen) atoms. The van der Waals surface area contributed by atoms with E-state index in [4.69, 9.17) is 9.15 Å². The van der Waals surface area contributed by atoms with Crippen molar-refractivity contribution >= 4 is 21.7 Å². The van der Waals surface area contributed by atoms with E-state index >= 15 is 0 Å². The van der Waals surface area contributed by atoms with Crippen molar-refractivity contribution in [3.8, 4) is 17.2 Å². The third kappa shape index (κ3) is 2.27. The standard InChI is InChI=1S/C19H14N2O3/c1-23-17-8-4-5-12-11-20-16(9-14(12)17)19-10-15(21-22)13-6-2-3-7-18(13)24-19/h2-11,22H,1H3/b21-15-. The lowest BCUT2D eigenvalue weighted by atomic mass is 10.1. The number of methoxy groups -OCH3 is 1. The summed E-state index contributed by atoms with van der Waals surface area (Å²) in [5, 5.41) is 15.8. The van der Waals surface area contributed by atoms with Crippen LogP contribution in [0.15, 0.2) is 70.4 Å². The van der Waals surface area contributed by atoms with Crippen molar-refractivity contribution in [2.75, 3.05) is 7.11 Å². The lowest BCUT2D eigenvalue weighted by molar-refractivity contribution is 0.302. The summed E-state index contributed by atoms with van der Waals surface area (Å²) >= 11 is 0. The van der Waals surface area contributed by atoms with Gasteiger partial charge in [-0.15, -0.1) is 0 Å². The molecule has 0 bridgehead atoms. The van der Waals surface area contributed by atoms with Crippen molar-refractivity contribution in [3.63, 3.8) is 0 Å². The van der Waals surface area contributed by atoms with Crippen molar-refractivity contribution in [1.29, 1.82) is 0 Å². The maximum atomic E-state index is 9.30. The number of nitrogens with zero attached hydrogens (tertiary/aromatic N) is 2. The Hall–Kier alpha value is -3.34. The summed E-state index contributed by atoms with van der Waals surface area (Å²) in [5.41, 5.74) is 1.27. The fourth-order valence-electron chi connectivity index (χ4n) is 2.78.